The second-order valence-electron chi connectivity index (χ2n) is 4.85. The van der Waals surface area contributed by atoms with Gasteiger partial charge in [-0.25, -0.2) is 0 Å². The van der Waals surface area contributed by atoms with E-state index in [1.165, 1.54) is 11.1 Å². The molecule has 0 aromatic heterocycles. The number of rotatable bonds is 2. The van der Waals surface area contributed by atoms with Crippen molar-refractivity contribution in [3.8, 4) is 16.9 Å². The van der Waals surface area contributed by atoms with E-state index in [-0.39, 0.29) is 6.10 Å². The molecule has 1 unspecified atom stereocenters. The number of ether oxygens (including phenoxy) is 1. The standard InChI is InChI=1S/C16H18N2O/c1-11-5-2-3-6-13(11)14-7-4-8-15-16(14)19-12(9-17)10-18-15/h2-8,12,18H,9-10,17H2,1H3. The normalized spacial score (nSPS) is 17.3. The van der Waals surface area contributed by atoms with Crippen LogP contribution in [0.3, 0.4) is 0 Å². The monoisotopic (exact) mass is 254 g/mol. The van der Waals surface area contributed by atoms with Crippen LogP contribution in [0.25, 0.3) is 11.1 Å². The number of hydrogen-bond donors (Lipinski definition) is 2. The molecule has 1 heterocycles. The van der Waals surface area contributed by atoms with Crippen LogP contribution in [0.2, 0.25) is 0 Å². The first-order chi connectivity index (χ1) is 9.29. The van der Waals surface area contributed by atoms with Gasteiger partial charge in [-0.05, 0) is 24.1 Å². The third-order valence-corrected chi connectivity index (χ3v) is 3.52. The molecule has 3 N–H and O–H groups in total. The minimum atomic E-state index is 0.0395. The second-order valence-corrected chi connectivity index (χ2v) is 4.85. The predicted molar refractivity (Wildman–Crippen MR) is 78.6 cm³/mol. The molecule has 3 nitrogen and oxygen atoms in total. The van der Waals surface area contributed by atoms with Crippen LogP contribution in [0.1, 0.15) is 5.56 Å². The van der Waals surface area contributed by atoms with Gasteiger partial charge in [0.1, 0.15) is 6.10 Å². The Balaban J connectivity index is 2.11. The third kappa shape index (κ3) is 2.17. The summed E-state index contributed by atoms with van der Waals surface area (Å²) in [7, 11) is 0. The quantitative estimate of drug-likeness (QED) is 0.866. The lowest BCUT2D eigenvalue weighted by Crippen LogP contribution is -2.37. The highest BCUT2D eigenvalue weighted by molar-refractivity contribution is 5.80. The van der Waals surface area contributed by atoms with Gasteiger partial charge in [0.15, 0.2) is 5.75 Å². The fraction of sp³-hybridized carbons (Fsp3) is 0.250. The first-order valence-electron chi connectivity index (χ1n) is 6.59. The van der Waals surface area contributed by atoms with Crippen molar-refractivity contribution in [2.45, 2.75) is 13.0 Å². The zero-order valence-corrected chi connectivity index (χ0v) is 11.0. The molecule has 0 saturated carbocycles. The van der Waals surface area contributed by atoms with Crippen molar-refractivity contribution in [1.29, 1.82) is 0 Å². The maximum Gasteiger partial charge on any atom is 0.150 e. The highest BCUT2D eigenvalue weighted by Gasteiger charge is 2.21. The summed E-state index contributed by atoms with van der Waals surface area (Å²) >= 11 is 0. The molecule has 0 bridgehead atoms. The van der Waals surface area contributed by atoms with Crippen molar-refractivity contribution < 1.29 is 4.74 Å². The Morgan fingerprint density at radius 2 is 1.95 bits per heavy atom. The molecule has 0 amide bonds. The van der Waals surface area contributed by atoms with Crippen LogP contribution < -0.4 is 15.8 Å². The first kappa shape index (κ1) is 12.1. The van der Waals surface area contributed by atoms with Crippen molar-refractivity contribution in [2.75, 3.05) is 18.4 Å². The van der Waals surface area contributed by atoms with Gasteiger partial charge in [0.2, 0.25) is 0 Å². The van der Waals surface area contributed by atoms with E-state index in [2.05, 4.69) is 48.6 Å². The van der Waals surface area contributed by atoms with Crippen molar-refractivity contribution in [3.05, 3.63) is 48.0 Å². The van der Waals surface area contributed by atoms with Crippen LogP contribution >= 0.6 is 0 Å². The Hall–Kier alpha value is -2.00. The van der Waals surface area contributed by atoms with Gasteiger partial charge in [-0.2, -0.15) is 0 Å². The SMILES string of the molecule is Cc1ccccc1-c1cccc2c1OC(CN)CN2. The van der Waals surface area contributed by atoms with E-state index < -0.39 is 0 Å². The van der Waals surface area contributed by atoms with Crippen LogP contribution in [-0.4, -0.2) is 19.2 Å². The van der Waals surface area contributed by atoms with Gasteiger partial charge in [0.05, 0.1) is 12.2 Å². The topological polar surface area (TPSA) is 47.3 Å². The zero-order chi connectivity index (χ0) is 13.2. The van der Waals surface area contributed by atoms with Gasteiger partial charge in [-0.1, -0.05) is 36.4 Å². The van der Waals surface area contributed by atoms with Gasteiger partial charge >= 0.3 is 0 Å². The van der Waals surface area contributed by atoms with Crippen LogP contribution in [0.15, 0.2) is 42.5 Å². The summed E-state index contributed by atoms with van der Waals surface area (Å²) in [5.41, 5.74) is 10.3. The van der Waals surface area contributed by atoms with Gasteiger partial charge in [0, 0.05) is 12.1 Å². The number of anilines is 1. The Bertz CT molecular complexity index is 595. The Labute approximate surface area is 113 Å². The lowest BCUT2D eigenvalue weighted by atomic mass is 9.98. The summed E-state index contributed by atoms with van der Waals surface area (Å²) < 4.78 is 6.03. The number of nitrogens with two attached hydrogens (primary N) is 1. The first-order valence-corrected chi connectivity index (χ1v) is 6.59. The molecular weight excluding hydrogens is 236 g/mol. The molecule has 0 aliphatic carbocycles. The molecule has 0 saturated heterocycles. The largest absolute Gasteiger partial charge is 0.484 e. The lowest BCUT2D eigenvalue weighted by Gasteiger charge is -2.28. The van der Waals surface area contributed by atoms with E-state index in [0.29, 0.717) is 6.54 Å². The second kappa shape index (κ2) is 4.94. The van der Waals surface area contributed by atoms with Crippen molar-refractivity contribution >= 4 is 5.69 Å². The molecule has 19 heavy (non-hydrogen) atoms. The number of benzene rings is 2. The minimum Gasteiger partial charge on any atom is -0.484 e. The summed E-state index contributed by atoms with van der Waals surface area (Å²) in [5, 5.41) is 3.39. The fourth-order valence-corrected chi connectivity index (χ4v) is 2.45. The molecule has 3 rings (SSSR count). The molecule has 1 atom stereocenters. The minimum absolute atomic E-state index is 0.0395. The fourth-order valence-electron chi connectivity index (χ4n) is 2.45. The zero-order valence-electron chi connectivity index (χ0n) is 11.0. The number of aryl methyl sites for hydroxylation is 1. The summed E-state index contributed by atoms with van der Waals surface area (Å²) in [5.74, 6) is 0.915. The van der Waals surface area contributed by atoms with Crippen molar-refractivity contribution in [3.63, 3.8) is 0 Å². The van der Waals surface area contributed by atoms with Crippen LogP contribution in [0.4, 0.5) is 5.69 Å². The number of para-hydroxylation sites is 1. The van der Waals surface area contributed by atoms with Crippen LogP contribution in [0, 0.1) is 6.92 Å². The van der Waals surface area contributed by atoms with E-state index >= 15 is 0 Å². The highest BCUT2D eigenvalue weighted by atomic mass is 16.5. The smallest absolute Gasteiger partial charge is 0.150 e. The van der Waals surface area contributed by atoms with Crippen LogP contribution in [-0.2, 0) is 0 Å². The average Bonchev–Trinajstić information content (AvgIpc) is 2.47. The highest BCUT2D eigenvalue weighted by Crippen LogP contribution is 2.40. The molecule has 0 spiro atoms. The van der Waals surface area contributed by atoms with E-state index in [1.807, 2.05) is 6.07 Å². The summed E-state index contributed by atoms with van der Waals surface area (Å²) in [6, 6.07) is 14.5. The van der Waals surface area contributed by atoms with Gasteiger partial charge in [0.25, 0.3) is 0 Å². The van der Waals surface area contributed by atoms with Crippen molar-refractivity contribution in [2.24, 2.45) is 5.73 Å². The van der Waals surface area contributed by atoms with Gasteiger partial charge in [-0.15, -0.1) is 0 Å². The molecule has 3 heteroatoms. The number of fused-ring (bicyclic) bond motifs is 1. The number of hydrogen-bond acceptors (Lipinski definition) is 3. The van der Waals surface area contributed by atoms with E-state index in [1.54, 1.807) is 0 Å². The summed E-state index contributed by atoms with van der Waals surface area (Å²) in [6.07, 6.45) is 0.0395. The molecule has 98 valence electrons. The predicted octanol–water partition coefficient (Wildman–Crippen LogP) is 2.79. The molecule has 0 fully saturated rings. The van der Waals surface area contributed by atoms with E-state index in [0.717, 1.165) is 23.5 Å². The molecule has 2 aromatic rings. The third-order valence-electron chi connectivity index (χ3n) is 3.52. The summed E-state index contributed by atoms with van der Waals surface area (Å²) in [6.45, 7) is 3.40. The van der Waals surface area contributed by atoms with Crippen molar-refractivity contribution in [1.82, 2.24) is 0 Å². The molecule has 1 aliphatic rings. The molecule has 0 radical (unpaired) electrons. The molecule has 2 aromatic carbocycles. The van der Waals surface area contributed by atoms with E-state index in [9.17, 15) is 0 Å². The van der Waals surface area contributed by atoms with Crippen LogP contribution in [0.5, 0.6) is 5.75 Å². The average molecular weight is 254 g/mol. The van der Waals surface area contributed by atoms with E-state index in [4.69, 9.17) is 10.5 Å². The summed E-state index contributed by atoms with van der Waals surface area (Å²) in [4.78, 5) is 0. The maximum atomic E-state index is 6.03. The van der Waals surface area contributed by atoms with Gasteiger partial charge < -0.3 is 15.8 Å². The Morgan fingerprint density at radius 1 is 1.16 bits per heavy atom. The lowest BCUT2D eigenvalue weighted by molar-refractivity contribution is 0.215. The Kier molecular flexibility index (Phi) is 3.13. The molecule has 1 aliphatic heterocycles. The molecular formula is C16H18N2O. The number of nitrogens with one attached hydrogen (secondary N) is 1. The van der Waals surface area contributed by atoms with Gasteiger partial charge in [-0.3, -0.25) is 0 Å². The maximum absolute atomic E-state index is 6.03. The Morgan fingerprint density at radius 3 is 2.74 bits per heavy atom.